The number of ether oxygens (including phenoxy) is 6. The lowest BCUT2D eigenvalue weighted by Crippen LogP contribution is -2.27. The second-order valence-electron chi connectivity index (χ2n) is 17.5. The first-order valence-corrected chi connectivity index (χ1v) is 27.8. The van der Waals surface area contributed by atoms with E-state index in [9.17, 15) is 14.7 Å². The number of hydrogen-bond acceptors (Lipinski definition) is 10. The number of nitrogens with zero attached hydrogens (tertiary/aromatic N) is 1. The highest BCUT2D eigenvalue weighted by Gasteiger charge is 2.15. The average Bonchev–Trinajstić information content (AvgIpc) is 3.36. The molecule has 0 aromatic rings. The van der Waals surface area contributed by atoms with E-state index in [-0.39, 0.29) is 31.4 Å². The fraction of sp³-hybridized carbons (Fsp3) is 0.700. The Bertz CT molecular complexity index is 1220. The Kier molecular flexibility index (Phi) is 53.8. The molecule has 0 heterocycles. The van der Waals surface area contributed by atoms with Crippen LogP contribution >= 0.6 is 0 Å². The molecular formula is C60H103NO9. The van der Waals surface area contributed by atoms with Gasteiger partial charge in [0.2, 0.25) is 0 Å². The van der Waals surface area contributed by atoms with Crippen molar-refractivity contribution < 1.29 is 43.1 Å². The van der Waals surface area contributed by atoms with Gasteiger partial charge in [-0.1, -0.05) is 151 Å². The van der Waals surface area contributed by atoms with Crippen LogP contribution in [0, 0.1) is 0 Å². The molecule has 0 rings (SSSR count). The summed E-state index contributed by atoms with van der Waals surface area (Å²) in [7, 11) is 0. The minimum absolute atomic E-state index is 0.202. The molecule has 0 fully saturated rings. The Hall–Kier alpha value is -3.38. The van der Waals surface area contributed by atoms with Crippen molar-refractivity contribution in [3.05, 3.63) is 97.2 Å². The first kappa shape index (κ1) is 66.6. The number of unbranched alkanes of at least 4 members (excludes halogenated alkanes) is 7. The summed E-state index contributed by atoms with van der Waals surface area (Å²) >= 11 is 0. The Balaban J connectivity index is 4.51. The summed E-state index contributed by atoms with van der Waals surface area (Å²) in [5, 5.41) is 9.36. The summed E-state index contributed by atoms with van der Waals surface area (Å²) in [4.78, 5) is 27.8. The third-order valence-electron chi connectivity index (χ3n) is 11.0. The molecule has 0 radical (unpaired) electrons. The van der Waals surface area contributed by atoms with E-state index in [0.29, 0.717) is 52.5 Å². The number of aliphatic hydroxyl groups excluding tert-OH is 1. The summed E-state index contributed by atoms with van der Waals surface area (Å²) in [5.74, 6) is -0.404. The van der Waals surface area contributed by atoms with Gasteiger partial charge >= 0.3 is 11.9 Å². The molecule has 70 heavy (non-hydrogen) atoms. The summed E-state index contributed by atoms with van der Waals surface area (Å²) in [5.41, 5.74) is 0. The maximum atomic E-state index is 12.6. The van der Waals surface area contributed by atoms with Crippen LogP contribution in [0.4, 0.5) is 0 Å². The lowest BCUT2D eigenvalue weighted by molar-refractivity contribution is -0.158. The highest BCUT2D eigenvalue weighted by molar-refractivity contribution is 5.69. The third kappa shape index (κ3) is 51.0. The Labute approximate surface area is 428 Å². The van der Waals surface area contributed by atoms with Gasteiger partial charge in [0.1, 0.15) is 0 Å². The molecule has 10 nitrogen and oxygen atoms in total. The van der Waals surface area contributed by atoms with Crippen LogP contribution in [0.2, 0.25) is 0 Å². The second kappa shape index (κ2) is 56.5. The van der Waals surface area contributed by atoms with Crippen molar-refractivity contribution in [1.29, 1.82) is 0 Å². The molecule has 0 aromatic carbocycles. The average molecular weight is 982 g/mol. The SMILES string of the molecule is CCC=CCC=CCCOC(CCC(=O)OCCCCCCN(CCCCO)CCCCCCOC(=O)CCC(OCCC=CCC=CCC)OCCC=CC/C=C/CC)OCCC=CC/C=C/CC. The van der Waals surface area contributed by atoms with Gasteiger partial charge < -0.3 is 38.4 Å². The van der Waals surface area contributed by atoms with Crippen molar-refractivity contribution in [1.82, 2.24) is 4.90 Å². The second-order valence-corrected chi connectivity index (χ2v) is 17.5. The lowest BCUT2D eigenvalue weighted by atomic mass is 10.1. The van der Waals surface area contributed by atoms with Gasteiger partial charge in [0, 0.05) is 19.4 Å². The third-order valence-corrected chi connectivity index (χ3v) is 11.0. The first-order chi connectivity index (χ1) is 34.5. The van der Waals surface area contributed by atoms with Crippen LogP contribution in [0.15, 0.2) is 97.2 Å². The molecule has 2 unspecified atom stereocenters. The van der Waals surface area contributed by atoms with Crippen LogP contribution in [0.25, 0.3) is 0 Å². The van der Waals surface area contributed by atoms with Crippen molar-refractivity contribution in [2.75, 3.05) is 65.9 Å². The van der Waals surface area contributed by atoms with Gasteiger partial charge in [-0.2, -0.15) is 0 Å². The molecule has 0 saturated carbocycles. The van der Waals surface area contributed by atoms with Crippen LogP contribution in [0.3, 0.4) is 0 Å². The van der Waals surface area contributed by atoms with Gasteiger partial charge in [-0.25, -0.2) is 0 Å². The molecule has 2 atom stereocenters. The largest absolute Gasteiger partial charge is 0.466 e. The zero-order valence-electron chi connectivity index (χ0n) is 45.0. The van der Waals surface area contributed by atoms with Crippen molar-refractivity contribution in [3.63, 3.8) is 0 Å². The Morgan fingerprint density at radius 1 is 0.386 bits per heavy atom. The molecule has 0 amide bonds. The molecule has 0 aromatic heterocycles. The van der Waals surface area contributed by atoms with Crippen molar-refractivity contribution in [3.8, 4) is 0 Å². The number of carbonyl (C=O) groups excluding carboxylic acids is 2. The number of allylic oxidation sites excluding steroid dienone is 12. The number of esters is 2. The zero-order chi connectivity index (χ0) is 50.9. The number of aliphatic hydroxyl groups is 1. The maximum absolute atomic E-state index is 12.6. The van der Waals surface area contributed by atoms with E-state index in [2.05, 4.69) is 130 Å². The van der Waals surface area contributed by atoms with E-state index in [1.54, 1.807) is 0 Å². The predicted octanol–water partition coefficient (Wildman–Crippen LogP) is 14.8. The monoisotopic (exact) mass is 982 g/mol. The maximum Gasteiger partial charge on any atom is 0.305 e. The molecule has 0 aliphatic rings. The highest BCUT2D eigenvalue weighted by atomic mass is 16.7. The van der Waals surface area contributed by atoms with E-state index in [1.165, 1.54) is 0 Å². The molecule has 0 saturated heterocycles. The first-order valence-electron chi connectivity index (χ1n) is 27.8. The van der Waals surface area contributed by atoms with E-state index in [4.69, 9.17) is 28.4 Å². The molecular weight excluding hydrogens is 879 g/mol. The zero-order valence-corrected chi connectivity index (χ0v) is 45.0. The van der Waals surface area contributed by atoms with Crippen LogP contribution in [-0.4, -0.2) is 100 Å². The number of hydrogen-bond donors (Lipinski definition) is 1. The molecule has 10 heteroatoms. The Morgan fingerprint density at radius 2 is 0.686 bits per heavy atom. The smallest absolute Gasteiger partial charge is 0.305 e. The molecule has 0 aliphatic heterocycles. The van der Waals surface area contributed by atoms with Gasteiger partial charge in [0.05, 0.1) is 52.5 Å². The van der Waals surface area contributed by atoms with Crippen molar-refractivity contribution >= 4 is 11.9 Å². The summed E-state index contributed by atoms with van der Waals surface area (Å²) in [6.07, 6.45) is 56.1. The quantitative estimate of drug-likeness (QED) is 0.0274. The molecule has 0 bridgehead atoms. The van der Waals surface area contributed by atoms with Crippen LogP contribution in [-0.2, 0) is 38.0 Å². The summed E-state index contributed by atoms with van der Waals surface area (Å²) < 4.78 is 35.3. The van der Waals surface area contributed by atoms with Crippen LogP contribution < -0.4 is 0 Å². The summed E-state index contributed by atoms with van der Waals surface area (Å²) in [6, 6.07) is 0. The Morgan fingerprint density at radius 3 is 1.00 bits per heavy atom. The minimum atomic E-state index is -0.432. The lowest BCUT2D eigenvalue weighted by Gasteiger charge is -2.22. The van der Waals surface area contributed by atoms with Crippen LogP contribution in [0.5, 0.6) is 0 Å². The minimum Gasteiger partial charge on any atom is -0.466 e. The highest BCUT2D eigenvalue weighted by Crippen LogP contribution is 2.12. The fourth-order valence-electron chi connectivity index (χ4n) is 7.07. The van der Waals surface area contributed by atoms with Crippen LogP contribution in [0.1, 0.15) is 195 Å². The van der Waals surface area contributed by atoms with Crippen molar-refractivity contribution in [2.45, 2.75) is 207 Å². The van der Waals surface area contributed by atoms with Gasteiger partial charge in [0.25, 0.3) is 0 Å². The van der Waals surface area contributed by atoms with E-state index in [1.807, 2.05) is 0 Å². The predicted molar refractivity (Wildman–Crippen MR) is 293 cm³/mol. The molecule has 0 aliphatic carbocycles. The van der Waals surface area contributed by atoms with Gasteiger partial charge in [-0.3, -0.25) is 9.59 Å². The number of rotatable bonds is 52. The summed E-state index contributed by atoms with van der Waals surface area (Å²) in [6.45, 7) is 14.9. The fourth-order valence-corrected chi connectivity index (χ4v) is 7.07. The molecule has 402 valence electrons. The van der Waals surface area contributed by atoms with E-state index in [0.717, 1.165) is 161 Å². The topological polar surface area (TPSA) is 113 Å². The standard InChI is InChI=1S/C60H103NO9/c1-5-9-13-17-21-27-39-53-67-59(68-54-40-28-22-18-14-10-6-2)45-43-57(63)65-51-37-31-25-33-47-61(49-35-36-50-62)48-34-26-32-38-52-66-58(64)44-46-60(69-55-41-29-23-19-15-11-7-3)70-56-42-30-24-20-16-12-8-4/h9-16,21-24,27-30,59-60,62H,5-8,17-20,25-26,31-56H2,1-4H3/b13-9+,14-10?,15-11+,16-12?,27-21?,28-22?,29-23?,30-24?. The molecule has 1 N–H and O–H groups in total. The van der Waals surface area contributed by atoms with Crippen molar-refractivity contribution in [2.24, 2.45) is 0 Å². The number of carbonyl (C=O) groups is 2. The van der Waals surface area contributed by atoms with E-state index < -0.39 is 12.6 Å². The van der Waals surface area contributed by atoms with Gasteiger partial charge in [-0.05, 0) is 135 Å². The van der Waals surface area contributed by atoms with Gasteiger partial charge in [-0.15, -0.1) is 0 Å². The van der Waals surface area contributed by atoms with E-state index >= 15 is 0 Å². The van der Waals surface area contributed by atoms with Gasteiger partial charge in [0.15, 0.2) is 12.6 Å². The molecule has 0 spiro atoms. The normalized spacial score (nSPS) is 13.5.